The molecule has 8 heteroatoms. The normalized spacial score (nSPS) is 15.1. The van der Waals surface area contributed by atoms with E-state index in [0.29, 0.717) is 53.1 Å². The molecule has 1 N–H and O–H groups in total. The van der Waals surface area contributed by atoms with Crippen molar-refractivity contribution in [2.45, 2.75) is 18.6 Å². The van der Waals surface area contributed by atoms with E-state index in [9.17, 15) is 9.90 Å². The summed E-state index contributed by atoms with van der Waals surface area (Å²) in [6.07, 6.45) is 2.52. The van der Waals surface area contributed by atoms with Crippen molar-refractivity contribution < 1.29 is 28.5 Å². The summed E-state index contributed by atoms with van der Waals surface area (Å²) in [6.45, 7) is 0.373. The molecule has 0 saturated carbocycles. The number of fused-ring (bicyclic) bond motifs is 1. The summed E-state index contributed by atoms with van der Waals surface area (Å²) in [6, 6.07) is 18.1. The number of hydrogen-bond acceptors (Lipinski definition) is 6. The SMILES string of the molecule is COc1cc2nccc(Oc3ccc(C(O)(c4ccccc4)N4CCCC4=O)cc3F)c2cc1OC. The van der Waals surface area contributed by atoms with Crippen LogP contribution in [0.25, 0.3) is 10.9 Å². The number of methoxy groups -OCH3 is 2. The van der Waals surface area contributed by atoms with Gasteiger partial charge in [-0.25, -0.2) is 4.39 Å². The van der Waals surface area contributed by atoms with Crippen LogP contribution in [0, 0.1) is 5.82 Å². The molecule has 184 valence electrons. The van der Waals surface area contributed by atoms with Crippen molar-refractivity contribution in [3.05, 3.63) is 89.9 Å². The summed E-state index contributed by atoms with van der Waals surface area (Å²) >= 11 is 0. The molecule has 1 amide bonds. The van der Waals surface area contributed by atoms with E-state index in [1.807, 2.05) is 6.07 Å². The zero-order valence-corrected chi connectivity index (χ0v) is 19.9. The lowest BCUT2D eigenvalue weighted by Gasteiger charge is -2.38. The number of aromatic nitrogens is 1. The average molecular weight is 489 g/mol. The minimum Gasteiger partial charge on any atom is -0.493 e. The molecular weight excluding hydrogens is 463 g/mol. The highest BCUT2D eigenvalue weighted by Gasteiger charge is 2.43. The van der Waals surface area contributed by atoms with Crippen molar-refractivity contribution in [2.24, 2.45) is 0 Å². The third-order valence-electron chi connectivity index (χ3n) is 6.40. The van der Waals surface area contributed by atoms with Crippen LogP contribution in [0.2, 0.25) is 0 Å². The number of aliphatic hydroxyl groups is 1. The Morgan fingerprint density at radius 2 is 1.67 bits per heavy atom. The molecule has 0 spiro atoms. The van der Waals surface area contributed by atoms with Crippen LogP contribution in [0.15, 0.2) is 72.9 Å². The third kappa shape index (κ3) is 3.99. The van der Waals surface area contributed by atoms with Gasteiger partial charge in [0.1, 0.15) is 5.75 Å². The van der Waals surface area contributed by atoms with E-state index in [1.54, 1.807) is 54.7 Å². The summed E-state index contributed by atoms with van der Waals surface area (Å²) in [5, 5.41) is 12.5. The van der Waals surface area contributed by atoms with Crippen LogP contribution in [-0.4, -0.2) is 41.7 Å². The molecule has 36 heavy (non-hydrogen) atoms. The second-order valence-corrected chi connectivity index (χ2v) is 8.47. The molecule has 1 unspecified atom stereocenters. The highest BCUT2D eigenvalue weighted by Crippen LogP contribution is 2.40. The minimum absolute atomic E-state index is 0.0378. The van der Waals surface area contributed by atoms with E-state index < -0.39 is 11.5 Å². The summed E-state index contributed by atoms with van der Waals surface area (Å²) in [7, 11) is 3.06. The number of nitrogens with zero attached hydrogens (tertiary/aromatic N) is 2. The molecule has 1 atom stereocenters. The number of rotatable bonds is 7. The Morgan fingerprint density at radius 1 is 0.917 bits per heavy atom. The number of carbonyl (C=O) groups excluding carboxylic acids is 1. The predicted octanol–water partition coefficient (Wildman–Crippen LogP) is 5.00. The van der Waals surface area contributed by atoms with Crippen molar-refractivity contribution in [3.8, 4) is 23.0 Å². The molecule has 0 bridgehead atoms. The number of ether oxygens (including phenoxy) is 3. The van der Waals surface area contributed by atoms with E-state index in [0.717, 1.165) is 0 Å². The first-order valence-electron chi connectivity index (χ1n) is 11.5. The smallest absolute Gasteiger partial charge is 0.225 e. The van der Waals surface area contributed by atoms with E-state index >= 15 is 4.39 Å². The predicted molar refractivity (Wildman–Crippen MR) is 132 cm³/mol. The van der Waals surface area contributed by atoms with Crippen molar-refractivity contribution in [3.63, 3.8) is 0 Å². The first-order chi connectivity index (χ1) is 17.5. The number of halogens is 1. The fraction of sp³-hybridized carbons (Fsp3) is 0.214. The zero-order chi connectivity index (χ0) is 25.3. The van der Waals surface area contributed by atoms with Crippen molar-refractivity contribution in [1.29, 1.82) is 0 Å². The van der Waals surface area contributed by atoms with Crippen LogP contribution >= 0.6 is 0 Å². The molecule has 1 aliphatic rings. The maximum atomic E-state index is 15.4. The van der Waals surface area contributed by atoms with Crippen LogP contribution < -0.4 is 14.2 Å². The average Bonchev–Trinajstić information content (AvgIpc) is 3.35. The number of benzene rings is 3. The Labute approximate surface area is 207 Å². The maximum absolute atomic E-state index is 15.4. The van der Waals surface area contributed by atoms with Crippen molar-refractivity contribution in [2.75, 3.05) is 20.8 Å². The van der Waals surface area contributed by atoms with Crippen LogP contribution in [0.4, 0.5) is 4.39 Å². The quantitative estimate of drug-likeness (QED) is 0.394. The lowest BCUT2D eigenvalue weighted by atomic mass is 9.92. The largest absolute Gasteiger partial charge is 0.493 e. The second-order valence-electron chi connectivity index (χ2n) is 8.47. The van der Waals surface area contributed by atoms with Gasteiger partial charge in [0.25, 0.3) is 0 Å². The van der Waals surface area contributed by atoms with Gasteiger partial charge in [-0.15, -0.1) is 0 Å². The fourth-order valence-corrected chi connectivity index (χ4v) is 4.59. The van der Waals surface area contributed by atoms with Crippen LogP contribution in [0.5, 0.6) is 23.0 Å². The minimum atomic E-state index is -1.80. The third-order valence-corrected chi connectivity index (χ3v) is 6.40. The first-order valence-corrected chi connectivity index (χ1v) is 11.5. The molecule has 4 aromatic rings. The van der Waals surface area contributed by atoms with Gasteiger partial charge in [-0.05, 0) is 36.8 Å². The molecule has 0 radical (unpaired) electrons. The second kappa shape index (κ2) is 9.47. The zero-order valence-electron chi connectivity index (χ0n) is 19.9. The van der Waals surface area contributed by atoms with Gasteiger partial charge < -0.3 is 24.2 Å². The van der Waals surface area contributed by atoms with E-state index in [1.165, 1.54) is 31.3 Å². The summed E-state index contributed by atoms with van der Waals surface area (Å²) in [5.74, 6) is 0.474. The lowest BCUT2D eigenvalue weighted by molar-refractivity contribution is -0.147. The summed E-state index contributed by atoms with van der Waals surface area (Å²) in [5.41, 5.74) is -0.496. The van der Waals surface area contributed by atoms with Crippen LogP contribution in [0.1, 0.15) is 24.0 Å². The molecule has 1 aromatic heterocycles. The van der Waals surface area contributed by atoms with Gasteiger partial charge in [-0.2, -0.15) is 0 Å². The van der Waals surface area contributed by atoms with Crippen LogP contribution in [0.3, 0.4) is 0 Å². The van der Waals surface area contributed by atoms with Gasteiger partial charge in [-0.1, -0.05) is 30.3 Å². The van der Waals surface area contributed by atoms with Crippen molar-refractivity contribution in [1.82, 2.24) is 9.88 Å². The number of pyridine rings is 1. The Kier molecular flexibility index (Phi) is 6.20. The molecule has 1 aliphatic heterocycles. The summed E-state index contributed by atoms with van der Waals surface area (Å²) < 4.78 is 32.1. The van der Waals surface area contributed by atoms with Gasteiger partial charge >= 0.3 is 0 Å². The van der Waals surface area contributed by atoms with Gasteiger partial charge in [0.15, 0.2) is 28.8 Å². The van der Waals surface area contributed by atoms with E-state index in [4.69, 9.17) is 14.2 Å². The standard InChI is InChI=1S/C28H25FN2O5/c1-34-25-16-20-22(17-26(25)35-2)30-13-12-23(20)36-24-11-10-19(15-21(24)29)28(33,18-7-4-3-5-8-18)31-14-6-9-27(31)32/h3-5,7-8,10-13,15-17,33H,6,9,14H2,1-2H3. The first kappa shape index (κ1) is 23.6. The van der Waals surface area contributed by atoms with E-state index in [-0.39, 0.29) is 17.2 Å². The van der Waals surface area contributed by atoms with E-state index in [2.05, 4.69) is 4.98 Å². The maximum Gasteiger partial charge on any atom is 0.225 e. The number of amides is 1. The Morgan fingerprint density at radius 3 is 2.33 bits per heavy atom. The number of hydrogen-bond donors (Lipinski definition) is 1. The molecule has 7 nitrogen and oxygen atoms in total. The lowest BCUT2D eigenvalue weighted by Crippen LogP contribution is -2.47. The highest BCUT2D eigenvalue weighted by molar-refractivity contribution is 5.88. The molecule has 0 aliphatic carbocycles. The molecule has 2 heterocycles. The number of likely N-dealkylation sites (tertiary alicyclic amines) is 1. The Balaban J connectivity index is 1.54. The van der Waals surface area contributed by atoms with Gasteiger partial charge in [0, 0.05) is 41.7 Å². The van der Waals surface area contributed by atoms with Gasteiger partial charge in [0.05, 0.1) is 19.7 Å². The van der Waals surface area contributed by atoms with Gasteiger partial charge in [0.2, 0.25) is 5.91 Å². The summed E-state index contributed by atoms with van der Waals surface area (Å²) in [4.78, 5) is 18.3. The van der Waals surface area contributed by atoms with Gasteiger partial charge in [-0.3, -0.25) is 9.78 Å². The monoisotopic (exact) mass is 488 g/mol. The molecule has 5 rings (SSSR count). The molecule has 1 saturated heterocycles. The van der Waals surface area contributed by atoms with Crippen LogP contribution in [-0.2, 0) is 10.5 Å². The number of carbonyl (C=O) groups is 1. The van der Waals surface area contributed by atoms with Crippen molar-refractivity contribution >= 4 is 16.8 Å². The molecule has 1 fully saturated rings. The topological polar surface area (TPSA) is 81.1 Å². The highest BCUT2D eigenvalue weighted by atomic mass is 19.1. The Hall–Kier alpha value is -4.17. The molecule has 3 aromatic carbocycles. The molecular formula is C28H25FN2O5. The Bertz CT molecular complexity index is 1430. The fourth-order valence-electron chi connectivity index (χ4n) is 4.59.